The third-order valence-corrected chi connectivity index (χ3v) is 8.29. The number of thiophene rings is 1. The summed E-state index contributed by atoms with van der Waals surface area (Å²) in [6.07, 6.45) is 6.54. The molecular formula is C28H26FN3O2S. The molecule has 2 amide bonds. The van der Waals surface area contributed by atoms with Gasteiger partial charge in [-0.15, -0.1) is 11.3 Å². The highest BCUT2D eigenvalue weighted by Gasteiger charge is 2.36. The largest absolute Gasteiger partial charge is 0.495 e. The Balaban J connectivity index is 1.50. The maximum absolute atomic E-state index is 14.4. The predicted octanol–water partition coefficient (Wildman–Crippen LogP) is 6.70. The molecule has 1 aliphatic heterocycles. The summed E-state index contributed by atoms with van der Waals surface area (Å²) in [5.74, 6) is 0.275. The van der Waals surface area contributed by atoms with Crippen LogP contribution in [0.3, 0.4) is 0 Å². The summed E-state index contributed by atoms with van der Waals surface area (Å²) in [7, 11) is 1.59. The number of ether oxygens (including phenoxy) is 1. The maximum atomic E-state index is 14.4. The van der Waals surface area contributed by atoms with Crippen molar-refractivity contribution in [3.63, 3.8) is 0 Å². The van der Waals surface area contributed by atoms with Crippen molar-refractivity contribution < 1.29 is 13.9 Å². The molecule has 1 aliphatic carbocycles. The summed E-state index contributed by atoms with van der Waals surface area (Å²) in [5.41, 5.74) is 4.87. The number of aryl methyl sites for hydroxylation is 1. The number of anilines is 1. The van der Waals surface area contributed by atoms with Gasteiger partial charge in [0.1, 0.15) is 16.6 Å². The molecule has 2 aromatic heterocycles. The standard InChI is InChI=1S/C28H26FN3O2S/c1-34-24-13-4-3-11-22(24)30-28(33)32-17-21-20-10-2-5-14-25(20)35-27(21)31-15-7-12-23(31)26(32)18-8-6-9-19(29)16-18/h3-4,6-9,11-13,15-16,26H,2,5,10,14,17H2,1H3,(H,30,33)/t26-/m1/s1. The van der Waals surface area contributed by atoms with Crippen molar-refractivity contribution in [2.24, 2.45) is 0 Å². The first-order chi connectivity index (χ1) is 17.1. The number of nitrogens with one attached hydrogen (secondary N) is 1. The average molecular weight is 488 g/mol. The number of carbonyl (C=O) groups is 1. The Labute approximate surface area is 207 Å². The highest BCUT2D eigenvalue weighted by Crippen LogP contribution is 2.44. The molecule has 4 aromatic rings. The van der Waals surface area contributed by atoms with E-state index in [1.54, 1.807) is 13.2 Å². The fraction of sp³-hybridized carbons (Fsp3) is 0.250. The van der Waals surface area contributed by atoms with Gasteiger partial charge in [-0.3, -0.25) is 0 Å². The molecule has 0 unspecified atom stereocenters. The molecule has 2 aliphatic rings. The number of carbonyl (C=O) groups excluding carboxylic acids is 1. The van der Waals surface area contributed by atoms with Crippen molar-refractivity contribution in [3.05, 3.63) is 99.9 Å². The number of fused-ring (bicyclic) bond motifs is 5. The van der Waals surface area contributed by atoms with Gasteiger partial charge in [-0.05, 0) is 73.2 Å². The molecule has 1 N–H and O–H groups in total. The molecule has 2 aromatic carbocycles. The van der Waals surface area contributed by atoms with Crippen molar-refractivity contribution in [1.82, 2.24) is 9.47 Å². The van der Waals surface area contributed by atoms with Crippen LogP contribution in [0.2, 0.25) is 0 Å². The SMILES string of the molecule is COc1ccccc1NC(=O)N1Cc2c(sc3c2CCCC3)-n2cccc2[C@H]1c1cccc(F)c1. The van der Waals surface area contributed by atoms with Crippen LogP contribution in [0.5, 0.6) is 5.75 Å². The highest BCUT2D eigenvalue weighted by molar-refractivity contribution is 7.15. The number of amides is 2. The number of methoxy groups -OCH3 is 1. The van der Waals surface area contributed by atoms with E-state index in [0.29, 0.717) is 18.0 Å². The van der Waals surface area contributed by atoms with Gasteiger partial charge in [0.05, 0.1) is 31.1 Å². The van der Waals surface area contributed by atoms with Gasteiger partial charge in [0, 0.05) is 16.6 Å². The summed E-state index contributed by atoms with van der Waals surface area (Å²) in [6.45, 7) is 0.449. The second-order valence-corrected chi connectivity index (χ2v) is 10.1. The lowest BCUT2D eigenvalue weighted by Gasteiger charge is -2.31. The zero-order valence-corrected chi connectivity index (χ0v) is 20.3. The molecule has 0 saturated carbocycles. The van der Waals surface area contributed by atoms with Gasteiger partial charge in [-0.1, -0.05) is 24.3 Å². The van der Waals surface area contributed by atoms with Crippen molar-refractivity contribution in [3.8, 4) is 10.8 Å². The Morgan fingerprint density at radius 2 is 1.91 bits per heavy atom. The Bertz CT molecular complexity index is 1410. The highest BCUT2D eigenvalue weighted by atomic mass is 32.1. The molecular weight excluding hydrogens is 461 g/mol. The molecule has 178 valence electrons. The van der Waals surface area contributed by atoms with Gasteiger partial charge in [0.25, 0.3) is 0 Å². The van der Waals surface area contributed by atoms with Crippen LogP contribution < -0.4 is 10.1 Å². The van der Waals surface area contributed by atoms with Crippen LogP contribution in [0, 0.1) is 5.82 Å². The summed E-state index contributed by atoms with van der Waals surface area (Å²) in [5, 5.41) is 4.23. The van der Waals surface area contributed by atoms with Crippen molar-refractivity contribution in [2.45, 2.75) is 38.3 Å². The number of benzene rings is 2. The number of hydrogen-bond donors (Lipinski definition) is 1. The van der Waals surface area contributed by atoms with E-state index in [9.17, 15) is 9.18 Å². The minimum atomic E-state index is -0.450. The minimum absolute atomic E-state index is 0.250. The second-order valence-electron chi connectivity index (χ2n) is 9.01. The van der Waals surface area contributed by atoms with E-state index in [1.165, 1.54) is 39.6 Å². The first kappa shape index (κ1) is 21.9. The van der Waals surface area contributed by atoms with E-state index in [-0.39, 0.29) is 11.8 Å². The lowest BCUT2D eigenvalue weighted by molar-refractivity contribution is 0.194. The molecule has 5 nitrogen and oxygen atoms in total. The second kappa shape index (κ2) is 8.89. The first-order valence-corrected chi connectivity index (χ1v) is 12.7. The van der Waals surface area contributed by atoms with Crippen molar-refractivity contribution >= 4 is 23.1 Å². The van der Waals surface area contributed by atoms with E-state index in [1.807, 2.05) is 58.7 Å². The topological polar surface area (TPSA) is 46.5 Å². The summed E-state index contributed by atoms with van der Waals surface area (Å²) < 4.78 is 22.0. The Hall–Kier alpha value is -3.58. The number of para-hydroxylation sites is 2. The molecule has 3 heterocycles. The third-order valence-electron chi connectivity index (χ3n) is 6.95. The van der Waals surface area contributed by atoms with Gasteiger partial charge in [-0.25, -0.2) is 9.18 Å². The van der Waals surface area contributed by atoms with Crippen molar-refractivity contribution in [2.75, 3.05) is 12.4 Å². The van der Waals surface area contributed by atoms with Crippen LogP contribution in [0.15, 0.2) is 66.9 Å². The predicted molar refractivity (Wildman–Crippen MR) is 136 cm³/mol. The monoisotopic (exact) mass is 487 g/mol. The fourth-order valence-electron chi connectivity index (χ4n) is 5.35. The lowest BCUT2D eigenvalue weighted by atomic mass is 9.95. The number of urea groups is 1. The van der Waals surface area contributed by atoms with Gasteiger partial charge in [0.2, 0.25) is 0 Å². The van der Waals surface area contributed by atoms with E-state index >= 15 is 0 Å². The number of hydrogen-bond acceptors (Lipinski definition) is 3. The molecule has 0 bridgehead atoms. The summed E-state index contributed by atoms with van der Waals surface area (Å²) in [6, 6.07) is 17.3. The Morgan fingerprint density at radius 1 is 1.06 bits per heavy atom. The summed E-state index contributed by atoms with van der Waals surface area (Å²) >= 11 is 1.83. The Morgan fingerprint density at radius 3 is 2.77 bits per heavy atom. The van der Waals surface area contributed by atoms with E-state index in [0.717, 1.165) is 30.5 Å². The smallest absolute Gasteiger partial charge is 0.323 e. The Kier molecular flexibility index (Phi) is 5.57. The van der Waals surface area contributed by atoms with Crippen LogP contribution in [0.1, 0.15) is 46.1 Å². The van der Waals surface area contributed by atoms with Gasteiger partial charge in [-0.2, -0.15) is 0 Å². The average Bonchev–Trinajstić information content (AvgIpc) is 3.46. The van der Waals surface area contributed by atoms with Crippen LogP contribution in [0.4, 0.5) is 14.9 Å². The van der Waals surface area contributed by atoms with Crippen LogP contribution in [-0.4, -0.2) is 22.6 Å². The zero-order chi connectivity index (χ0) is 23.9. The quantitative estimate of drug-likeness (QED) is 0.349. The zero-order valence-electron chi connectivity index (χ0n) is 19.5. The van der Waals surface area contributed by atoms with Crippen LogP contribution in [0.25, 0.3) is 5.00 Å². The van der Waals surface area contributed by atoms with Crippen LogP contribution >= 0.6 is 11.3 Å². The minimum Gasteiger partial charge on any atom is -0.495 e. The molecule has 7 heteroatoms. The third kappa shape index (κ3) is 3.80. The van der Waals surface area contributed by atoms with Gasteiger partial charge >= 0.3 is 6.03 Å². The first-order valence-electron chi connectivity index (χ1n) is 11.9. The molecule has 6 rings (SSSR count). The van der Waals surface area contributed by atoms with Gasteiger partial charge in [0.15, 0.2) is 0 Å². The van der Waals surface area contributed by atoms with E-state index in [2.05, 4.69) is 16.1 Å². The molecule has 0 saturated heterocycles. The fourth-order valence-corrected chi connectivity index (χ4v) is 6.75. The lowest BCUT2D eigenvalue weighted by Crippen LogP contribution is -2.38. The molecule has 0 spiro atoms. The number of halogens is 1. The van der Waals surface area contributed by atoms with Crippen molar-refractivity contribution in [1.29, 1.82) is 0 Å². The van der Waals surface area contributed by atoms with Crippen LogP contribution in [-0.2, 0) is 19.4 Å². The van der Waals surface area contributed by atoms with E-state index < -0.39 is 6.04 Å². The number of aromatic nitrogens is 1. The van der Waals surface area contributed by atoms with Gasteiger partial charge < -0.3 is 19.5 Å². The molecule has 0 radical (unpaired) electrons. The van der Waals surface area contributed by atoms with E-state index in [4.69, 9.17) is 4.74 Å². The number of nitrogens with zero attached hydrogens (tertiary/aromatic N) is 2. The normalized spacial score (nSPS) is 16.6. The molecule has 35 heavy (non-hydrogen) atoms. The summed E-state index contributed by atoms with van der Waals surface area (Å²) in [4.78, 5) is 17.2. The molecule has 1 atom stereocenters. The number of rotatable bonds is 3. The molecule has 0 fully saturated rings. The maximum Gasteiger partial charge on any atom is 0.323 e.